The molecule has 4 nitrogen and oxygen atoms in total. The lowest BCUT2D eigenvalue weighted by Crippen LogP contribution is -2.34. The minimum Gasteiger partial charge on any atom is -0.358 e. The summed E-state index contributed by atoms with van der Waals surface area (Å²) in [5.41, 5.74) is -0.0769. The molecule has 0 aromatic heterocycles. The number of carbonyl (C=O) groups is 2. The SMILES string of the molecule is CNC(=O)[C@@H](C#N)C(=O)C[C@@H](c1ccccc1)C(F)(F)F. The molecule has 0 saturated heterocycles. The van der Waals surface area contributed by atoms with Crippen molar-refractivity contribution in [1.29, 1.82) is 5.26 Å². The van der Waals surface area contributed by atoms with Crippen molar-refractivity contribution in [2.45, 2.75) is 18.5 Å². The monoisotopic (exact) mass is 298 g/mol. The van der Waals surface area contributed by atoms with Gasteiger partial charge in [-0.1, -0.05) is 30.3 Å². The van der Waals surface area contributed by atoms with E-state index in [1.54, 1.807) is 6.07 Å². The third-order valence-electron chi connectivity index (χ3n) is 2.96. The Balaban J connectivity index is 3.01. The van der Waals surface area contributed by atoms with Crippen molar-refractivity contribution < 1.29 is 22.8 Å². The van der Waals surface area contributed by atoms with Crippen LogP contribution in [0.4, 0.5) is 13.2 Å². The number of carbonyl (C=O) groups excluding carboxylic acids is 2. The van der Waals surface area contributed by atoms with Crippen LogP contribution in [-0.2, 0) is 9.59 Å². The third-order valence-corrected chi connectivity index (χ3v) is 2.96. The minimum absolute atomic E-state index is 0.0769. The van der Waals surface area contributed by atoms with Crippen molar-refractivity contribution in [3.63, 3.8) is 0 Å². The van der Waals surface area contributed by atoms with Gasteiger partial charge < -0.3 is 5.32 Å². The summed E-state index contributed by atoms with van der Waals surface area (Å²) >= 11 is 0. The highest BCUT2D eigenvalue weighted by Gasteiger charge is 2.43. The van der Waals surface area contributed by atoms with Gasteiger partial charge in [0, 0.05) is 13.5 Å². The largest absolute Gasteiger partial charge is 0.396 e. The summed E-state index contributed by atoms with van der Waals surface area (Å²) < 4.78 is 39.2. The molecule has 1 aromatic carbocycles. The number of amides is 1. The van der Waals surface area contributed by atoms with Gasteiger partial charge in [0.15, 0.2) is 11.7 Å². The molecular formula is C14H13F3N2O2. The van der Waals surface area contributed by atoms with Crippen LogP contribution < -0.4 is 5.32 Å². The molecule has 0 fully saturated rings. The van der Waals surface area contributed by atoms with Crippen molar-refractivity contribution in [2.75, 3.05) is 7.05 Å². The number of hydrogen-bond donors (Lipinski definition) is 1. The van der Waals surface area contributed by atoms with E-state index in [9.17, 15) is 22.8 Å². The molecule has 0 heterocycles. The molecule has 0 spiro atoms. The molecule has 0 aliphatic rings. The second-order valence-electron chi connectivity index (χ2n) is 4.35. The number of ketones is 1. The fourth-order valence-electron chi connectivity index (χ4n) is 1.85. The number of alkyl halides is 3. The van der Waals surface area contributed by atoms with E-state index in [4.69, 9.17) is 5.26 Å². The van der Waals surface area contributed by atoms with Crippen LogP contribution in [0.3, 0.4) is 0 Å². The smallest absolute Gasteiger partial charge is 0.358 e. The molecule has 7 heteroatoms. The quantitative estimate of drug-likeness (QED) is 0.847. The molecule has 112 valence electrons. The summed E-state index contributed by atoms with van der Waals surface area (Å²) in [7, 11) is 1.21. The number of nitriles is 1. The van der Waals surface area contributed by atoms with Crippen LogP contribution in [0.1, 0.15) is 17.9 Å². The summed E-state index contributed by atoms with van der Waals surface area (Å²) in [6, 6.07) is 8.36. The molecule has 0 saturated carbocycles. The summed E-state index contributed by atoms with van der Waals surface area (Å²) in [5.74, 6) is -5.73. The molecule has 1 amide bonds. The molecule has 21 heavy (non-hydrogen) atoms. The number of halogens is 3. The Kier molecular flexibility index (Phi) is 5.47. The van der Waals surface area contributed by atoms with E-state index in [1.807, 2.05) is 0 Å². The van der Waals surface area contributed by atoms with E-state index < -0.39 is 36.1 Å². The van der Waals surface area contributed by atoms with Crippen LogP contribution in [0, 0.1) is 17.2 Å². The fourth-order valence-corrected chi connectivity index (χ4v) is 1.85. The molecule has 0 unspecified atom stereocenters. The lowest BCUT2D eigenvalue weighted by molar-refractivity contribution is -0.158. The van der Waals surface area contributed by atoms with Gasteiger partial charge in [0.05, 0.1) is 12.0 Å². The highest BCUT2D eigenvalue weighted by molar-refractivity contribution is 6.04. The molecule has 0 radical (unpaired) electrons. The molecule has 0 aliphatic carbocycles. The van der Waals surface area contributed by atoms with E-state index >= 15 is 0 Å². The van der Waals surface area contributed by atoms with Gasteiger partial charge in [-0.25, -0.2) is 0 Å². The highest BCUT2D eigenvalue weighted by Crippen LogP contribution is 2.38. The Morgan fingerprint density at radius 1 is 1.29 bits per heavy atom. The van der Waals surface area contributed by atoms with Crippen LogP contribution in [0.25, 0.3) is 0 Å². The van der Waals surface area contributed by atoms with Gasteiger partial charge >= 0.3 is 6.18 Å². The van der Waals surface area contributed by atoms with Crippen molar-refractivity contribution in [3.05, 3.63) is 35.9 Å². The molecule has 0 aliphatic heterocycles. The van der Waals surface area contributed by atoms with Crippen molar-refractivity contribution in [1.82, 2.24) is 5.32 Å². The molecule has 2 atom stereocenters. The van der Waals surface area contributed by atoms with Crippen LogP contribution in [0.5, 0.6) is 0 Å². The standard InChI is InChI=1S/C14H13F3N2O2/c1-19-13(21)10(8-18)12(20)7-11(14(15,16)17)9-5-3-2-4-6-9/h2-6,10-11H,7H2,1H3,(H,19,21)/t10-,11-/m0/s1. The maximum atomic E-state index is 13.1. The van der Waals surface area contributed by atoms with Crippen LogP contribution in [0.15, 0.2) is 30.3 Å². The van der Waals surface area contributed by atoms with E-state index in [-0.39, 0.29) is 5.56 Å². The lowest BCUT2D eigenvalue weighted by atomic mass is 9.89. The number of benzene rings is 1. The maximum Gasteiger partial charge on any atom is 0.396 e. The summed E-state index contributed by atoms with van der Waals surface area (Å²) in [4.78, 5) is 23.1. The van der Waals surface area contributed by atoms with E-state index in [0.717, 1.165) is 0 Å². The Morgan fingerprint density at radius 2 is 1.86 bits per heavy atom. The molecule has 1 rings (SSSR count). The topological polar surface area (TPSA) is 70.0 Å². The number of rotatable bonds is 5. The third kappa shape index (κ3) is 4.31. The number of hydrogen-bond acceptors (Lipinski definition) is 3. The Morgan fingerprint density at radius 3 is 2.29 bits per heavy atom. The van der Waals surface area contributed by atoms with E-state index in [2.05, 4.69) is 5.32 Å². The van der Waals surface area contributed by atoms with Gasteiger partial charge in [-0.2, -0.15) is 18.4 Å². The zero-order valence-electron chi connectivity index (χ0n) is 11.1. The zero-order valence-corrected chi connectivity index (χ0v) is 11.1. The van der Waals surface area contributed by atoms with E-state index in [1.165, 1.54) is 37.4 Å². The summed E-state index contributed by atoms with van der Waals surface area (Å²) in [5, 5.41) is 10.9. The Labute approximate surface area is 119 Å². The predicted molar refractivity (Wildman–Crippen MR) is 68.0 cm³/mol. The minimum atomic E-state index is -4.64. The first-order chi connectivity index (χ1) is 9.81. The Bertz CT molecular complexity index is 550. The average molecular weight is 298 g/mol. The first-order valence-electron chi connectivity index (χ1n) is 6.06. The normalized spacial score (nSPS) is 13.9. The second-order valence-corrected chi connectivity index (χ2v) is 4.35. The Hall–Kier alpha value is -2.36. The number of nitrogens with zero attached hydrogens (tertiary/aromatic N) is 1. The van der Waals surface area contributed by atoms with Gasteiger partial charge in [0.25, 0.3) is 0 Å². The summed E-state index contributed by atoms with van der Waals surface area (Å²) in [6.07, 6.45) is -5.58. The lowest BCUT2D eigenvalue weighted by Gasteiger charge is -2.20. The molecule has 0 bridgehead atoms. The van der Waals surface area contributed by atoms with Gasteiger partial charge in [-0.05, 0) is 5.56 Å². The van der Waals surface area contributed by atoms with Gasteiger partial charge in [0.2, 0.25) is 5.91 Å². The summed E-state index contributed by atoms with van der Waals surface area (Å²) in [6.45, 7) is 0. The van der Waals surface area contributed by atoms with Crippen LogP contribution in [0.2, 0.25) is 0 Å². The maximum absolute atomic E-state index is 13.1. The van der Waals surface area contributed by atoms with E-state index in [0.29, 0.717) is 0 Å². The first-order valence-corrected chi connectivity index (χ1v) is 6.06. The molecule has 1 aromatic rings. The highest BCUT2D eigenvalue weighted by atomic mass is 19.4. The predicted octanol–water partition coefficient (Wildman–Crippen LogP) is 2.18. The second kappa shape index (κ2) is 6.88. The van der Waals surface area contributed by atoms with Crippen LogP contribution >= 0.6 is 0 Å². The number of nitrogens with one attached hydrogen (secondary N) is 1. The number of Topliss-reactive ketones (excluding diaryl/α,β-unsaturated/α-hetero) is 1. The van der Waals surface area contributed by atoms with Gasteiger partial charge in [-0.3, -0.25) is 9.59 Å². The van der Waals surface area contributed by atoms with Gasteiger partial charge in [-0.15, -0.1) is 0 Å². The molecular weight excluding hydrogens is 285 g/mol. The zero-order chi connectivity index (χ0) is 16.0. The van der Waals surface area contributed by atoms with Crippen molar-refractivity contribution >= 4 is 11.7 Å². The molecule has 1 N–H and O–H groups in total. The van der Waals surface area contributed by atoms with Crippen molar-refractivity contribution in [3.8, 4) is 6.07 Å². The van der Waals surface area contributed by atoms with Gasteiger partial charge in [0.1, 0.15) is 0 Å². The fraction of sp³-hybridized carbons (Fsp3) is 0.357. The van der Waals surface area contributed by atoms with Crippen LogP contribution in [-0.4, -0.2) is 24.9 Å². The average Bonchev–Trinajstić information content (AvgIpc) is 2.45. The van der Waals surface area contributed by atoms with Crippen molar-refractivity contribution in [2.24, 2.45) is 5.92 Å². The first kappa shape index (κ1) is 16.7.